The van der Waals surface area contributed by atoms with Crippen LogP contribution >= 0.6 is 23.4 Å². The van der Waals surface area contributed by atoms with Gasteiger partial charge in [-0.05, 0) is 41.7 Å². The number of rotatable bonds is 4. The standard InChI is InChI=1S/C12H14ClNOS/c1-8(7-16-9(2)14)11-5-4-10(15-3)6-12(11)13/h4-7H,2,14H2,1,3H3/b8-7+. The second-order valence-corrected chi connectivity index (χ2v) is 4.63. The summed E-state index contributed by atoms with van der Waals surface area (Å²) in [5, 5.41) is 3.15. The molecule has 2 N–H and O–H groups in total. The van der Waals surface area contributed by atoms with E-state index in [0.717, 1.165) is 16.9 Å². The van der Waals surface area contributed by atoms with Gasteiger partial charge in [-0.1, -0.05) is 29.9 Å². The molecule has 0 fully saturated rings. The van der Waals surface area contributed by atoms with Gasteiger partial charge in [0.25, 0.3) is 0 Å². The molecule has 0 aliphatic carbocycles. The van der Waals surface area contributed by atoms with E-state index < -0.39 is 0 Å². The Hall–Kier alpha value is -1.06. The van der Waals surface area contributed by atoms with Crippen LogP contribution in [0.5, 0.6) is 5.75 Å². The van der Waals surface area contributed by atoms with E-state index in [-0.39, 0.29) is 0 Å². The molecule has 0 aliphatic rings. The fraction of sp³-hybridized carbons (Fsp3) is 0.167. The maximum absolute atomic E-state index is 6.13. The Balaban J connectivity index is 2.95. The van der Waals surface area contributed by atoms with E-state index in [9.17, 15) is 0 Å². The van der Waals surface area contributed by atoms with Gasteiger partial charge in [-0.15, -0.1) is 0 Å². The smallest absolute Gasteiger partial charge is 0.120 e. The first-order valence-corrected chi connectivity index (χ1v) is 5.92. The summed E-state index contributed by atoms with van der Waals surface area (Å²) >= 11 is 7.52. The molecule has 1 rings (SSSR count). The lowest BCUT2D eigenvalue weighted by molar-refractivity contribution is 0.415. The molecule has 1 aromatic rings. The van der Waals surface area contributed by atoms with Gasteiger partial charge in [0.2, 0.25) is 0 Å². The van der Waals surface area contributed by atoms with Crippen molar-refractivity contribution in [3.8, 4) is 5.75 Å². The molecule has 4 heteroatoms. The molecule has 0 heterocycles. The lowest BCUT2D eigenvalue weighted by atomic mass is 10.1. The minimum absolute atomic E-state index is 0.559. The van der Waals surface area contributed by atoms with Crippen LogP contribution in [0.4, 0.5) is 0 Å². The van der Waals surface area contributed by atoms with Gasteiger partial charge < -0.3 is 10.5 Å². The Kier molecular flexibility index (Phi) is 4.77. The van der Waals surface area contributed by atoms with Crippen LogP contribution in [0.25, 0.3) is 5.57 Å². The number of allylic oxidation sites excluding steroid dienone is 1. The fourth-order valence-corrected chi connectivity index (χ4v) is 1.94. The Morgan fingerprint density at radius 3 is 2.75 bits per heavy atom. The van der Waals surface area contributed by atoms with Gasteiger partial charge in [-0.3, -0.25) is 0 Å². The molecular formula is C12H14ClNOS. The summed E-state index contributed by atoms with van der Waals surface area (Å²) in [6.07, 6.45) is 0. The number of benzene rings is 1. The van der Waals surface area contributed by atoms with Crippen LogP contribution in [0.1, 0.15) is 12.5 Å². The maximum Gasteiger partial charge on any atom is 0.120 e. The molecule has 0 bridgehead atoms. The highest BCUT2D eigenvalue weighted by Crippen LogP contribution is 2.29. The zero-order valence-corrected chi connectivity index (χ0v) is 10.9. The number of methoxy groups -OCH3 is 1. The third-order valence-electron chi connectivity index (χ3n) is 1.99. The van der Waals surface area contributed by atoms with Crippen molar-refractivity contribution in [2.75, 3.05) is 7.11 Å². The lowest BCUT2D eigenvalue weighted by Crippen LogP contribution is -1.88. The molecule has 0 saturated heterocycles. The fourth-order valence-electron chi connectivity index (χ4n) is 1.17. The van der Waals surface area contributed by atoms with Crippen LogP contribution in [0.2, 0.25) is 5.02 Å². The molecule has 1 aromatic carbocycles. The normalized spacial score (nSPS) is 11.3. The largest absolute Gasteiger partial charge is 0.497 e. The highest BCUT2D eigenvalue weighted by molar-refractivity contribution is 8.05. The molecule has 0 spiro atoms. The van der Waals surface area contributed by atoms with Crippen LogP contribution in [-0.4, -0.2) is 7.11 Å². The summed E-state index contributed by atoms with van der Waals surface area (Å²) in [7, 11) is 1.61. The van der Waals surface area contributed by atoms with E-state index in [4.69, 9.17) is 22.1 Å². The second-order valence-electron chi connectivity index (χ2n) is 3.23. The van der Waals surface area contributed by atoms with Gasteiger partial charge in [0.15, 0.2) is 0 Å². The van der Waals surface area contributed by atoms with Crippen molar-refractivity contribution in [3.05, 3.63) is 45.8 Å². The van der Waals surface area contributed by atoms with Gasteiger partial charge in [0.05, 0.1) is 17.2 Å². The molecule has 0 unspecified atom stereocenters. The Morgan fingerprint density at radius 1 is 1.56 bits per heavy atom. The van der Waals surface area contributed by atoms with E-state index in [1.165, 1.54) is 11.8 Å². The molecule has 2 nitrogen and oxygen atoms in total. The third-order valence-corrected chi connectivity index (χ3v) is 3.08. The van der Waals surface area contributed by atoms with Crippen molar-refractivity contribution < 1.29 is 4.74 Å². The average molecular weight is 256 g/mol. The van der Waals surface area contributed by atoms with Gasteiger partial charge in [-0.25, -0.2) is 0 Å². The second kappa shape index (κ2) is 5.87. The van der Waals surface area contributed by atoms with E-state index in [1.54, 1.807) is 13.2 Å². The Morgan fingerprint density at radius 2 is 2.25 bits per heavy atom. The summed E-state index contributed by atoms with van der Waals surface area (Å²) in [5.74, 6) is 0.748. The van der Waals surface area contributed by atoms with Crippen molar-refractivity contribution in [3.63, 3.8) is 0 Å². The van der Waals surface area contributed by atoms with Crippen molar-refractivity contribution in [1.29, 1.82) is 0 Å². The maximum atomic E-state index is 6.13. The number of ether oxygens (including phenoxy) is 1. The monoisotopic (exact) mass is 255 g/mol. The average Bonchev–Trinajstić information content (AvgIpc) is 2.25. The van der Waals surface area contributed by atoms with Crippen molar-refractivity contribution in [2.24, 2.45) is 5.73 Å². The first-order valence-electron chi connectivity index (χ1n) is 4.66. The van der Waals surface area contributed by atoms with Gasteiger partial charge in [0, 0.05) is 0 Å². The Bertz CT molecular complexity index is 429. The van der Waals surface area contributed by atoms with Crippen LogP contribution in [0.15, 0.2) is 35.2 Å². The molecular weight excluding hydrogens is 242 g/mol. The topological polar surface area (TPSA) is 35.2 Å². The first kappa shape index (κ1) is 13.0. The van der Waals surface area contributed by atoms with E-state index in [1.807, 2.05) is 24.5 Å². The Labute approximate surface area is 105 Å². The van der Waals surface area contributed by atoms with Crippen LogP contribution < -0.4 is 10.5 Å². The summed E-state index contributed by atoms with van der Waals surface area (Å²) in [5.41, 5.74) is 7.49. The quantitative estimate of drug-likeness (QED) is 0.887. The molecule has 0 saturated carbocycles. The van der Waals surface area contributed by atoms with Crippen molar-refractivity contribution >= 4 is 28.9 Å². The van der Waals surface area contributed by atoms with E-state index in [2.05, 4.69) is 6.58 Å². The molecule has 0 radical (unpaired) electrons. The molecule has 0 aliphatic heterocycles. The first-order chi connectivity index (χ1) is 7.54. The molecule has 0 atom stereocenters. The van der Waals surface area contributed by atoms with Crippen LogP contribution in [0.3, 0.4) is 0 Å². The number of hydrogen-bond acceptors (Lipinski definition) is 3. The molecule has 0 aromatic heterocycles. The minimum atomic E-state index is 0.559. The molecule has 0 amide bonds. The van der Waals surface area contributed by atoms with Gasteiger partial charge >= 0.3 is 0 Å². The molecule has 16 heavy (non-hydrogen) atoms. The van der Waals surface area contributed by atoms with Crippen molar-refractivity contribution in [1.82, 2.24) is 0 Å². The van der Waals surface area contributed by atoms with Gasteiger partial charge in [-0.2, -0.15) is 0 Å². The number of nitrogens with two attached hydrogens (primary N) is 1. The summed E-state index contributed by atoms with van der Waals surface area (Å²) in [6.45, 7) is 5.59. The summed E-state index contributed by atoms with van der Waals surface area (Å²) < 4.78 is 5.08. The van der Waals surface area contributed by atoms with Gasteiger partial charge in [0.1, 0.15) is 5.75 Å². The lowest BCUT2D eigenvalue weighted by Gasteiger charge is -2.07. The summed E-state index contributed by atoms with van der Waals surface area (Å²) in [6, 6.07) is 5.59. The van der Waals surface area contributed by atoms with E-state index >= 15 is 0 Å². The number of halogens is 1. The SMILES string of the molecule is C=C(N)S/C=C(\C)c1ccc(OC)cc1Cl. The van der Waals surface area contributed by atoms with Crippen LogP contribution in [-0.2, 0) is 0 Å². The van der Waals surface area contributed by atoms with E-state index in [0.29, 0.717) is 10.1 Å². The zero-order valence-electron chi connectivity index (χ0n) is 9.29. The minimum Gasteiger partial charge on any atom is -0.497 e. The predicted molar refractivity (Wildman–Crippen MR) is 72.6 cm³/mol. The zero-order chi connectivity index (χ0) is 12.1. The van der Waals surface area contributed by atoms with Crippen molar-refractivity contribution in [2.45, 2.75) is 6.92 Å². The number of thioether (sulfide) groups is 1. The summed E-state index contributed by atoms with van der Waals surface area (Å²) in [4.78, 5) is 0. The molecule has 86 valence electrons. The highest BCUT2D eigenvalue weighted by Gasteiger charge is 2.04. The van der Waals surface area contributed by atoms with Crippen LogP contribution in [0, 0.1) is 0 Å². The highest BCUT2D eigenvalue weighted by atomic mass is 35.5. The number of hydrogen-bond donors (Lipinski definition) is 1. The predicted octanol–water partition coefficient (Wildman–Crippen LogP) is 3.87. The third kappa shape index (κ3) is 3.51.